The lowest BCUT2D eigenvalue weighted by Gasteiger charge is -2.17. The van der Waals surface area contributed by atoms with Crippen LogP contribution in [0.1, 0.15) is 44.3 Å². The lowest BCUT2D eigenvalue weighted by molar-refractivity contribution is 0.165. The molecule has 0 heterocycles. The van der Waals surface area contributed by atoms with Gasteiger partial charge in [0.2, 0.25) is 0 Å². The third-order valence-corrected chi connectivity index (χ3v) is 3.98. The van der Waals surface area contributed by atoms with Crippen molar-refractivity contribution in [1.82, 2.24) is 5.32 Å². The Morgan fingerprint density at radius 1 is 1.39 bits per heavy atom. The predicted octanol–water partition coefficient (Wildman–Crippen LogP) is 3.03. The summed E-state index contributed by atoms with van der Waals surface area (Å²) in [5, 5.41) is 13.3. The molecule has 2 N–H and O–H groups in total. The van der Waals surface area contributed by atoms with Gasteiger partial charge in [-0.1, -0.05) is 31.5 Å². The standard InChI is InChI=1S/C15H22FNO/c1-2-11-7-8-12(9-11)17-10-15(18)13-5-3-4-6-14(13)16/h3-6,11-12,15,17-18H,2,7-10H2,1H3. The van der Waals surface area contributed by atoms with Gasteiger partial charge in [-0.2, -0.15) is 0 Å². The largest absolute Gasteiger partial charge is 0.387 e. The van der Waals surface area contributed by atoms with Gasteiger partial charge in [-0.15, -0.1) is 0 Å². The van der Waals surface area contributed by atoms with E-state index in [1.165, 1.54) is 31.7 Å². The van der Waals surface area contributed by atoms with Crippen LogP contribution in [0.5, 0.6) is 0 Å². The number of hydrogen-bond acceptors (Lipinski definition) is 2. The lowest BCUT2D eigenvalue weighted by atomic mass is 10.1. The molecule has 0 bridgehead atoms. The average molecular weight is 251 g/mol. The SMILES string of the molecule is CCC1CCC(NCC(O)c2ccccc2F)C1. The second kappa shape index (κ2) is 6.30. The molecule has 1 saturated carbocycles. The van der Waals surface area contributed by atoms with Crippen molar-refractivity contribution in [2.45, 2.75) is 44.8 Å². The Morgan fingerprint density at radius 2 is 2.17 bits per heavy atom. The minimum atomic E-state index is -0.758. The van der Waals surface area contributed by atoms with Gasteiger partial charge in [0, 0.05) is 18.2 Å². The molecule has 0 saturated heterocycles. The molecule has 100 valence electrons. The fourth-order valence-corrected chi connectivity index (χ4v) is 2.76. The van der Waals surface area contributed by atoms with Gasteiger partial charge in [0.15, 0.2) is 0 Å². The highest BCUT2D eigenvalue weighted by Crippen LogP contribution is 2.28. The van der Waals surface area contributed by atoms with E-state index in [1.807, 2.05) is 0 Å². The van der Waals surface area contributed by atoms with Crippen LogP contribution in [0.4, 0.5) is 4.39 Å². The Kier molecular flexibility index (Phi) is 4.72. The third-order valence-electron chi connectivity index (χ3n) is 3.98. The van der Waals surface area contributed by atoms with Crippen LogP contribution in [0.2, 0.25) is 0 Å². The van der Waals surface area contributed by atoms with Crippen LogP contribution in [0, 0.1) is 11.7 Å². The molecule has 3 atom stereocenters. The zero-order valence-electron chi connectivity index (χ0n) is 10.9. The smallest absolute Gasteiger partial charge is 0.129 e. The van der Waals surface area contributed by atoms with Crippen molar-refractivity contribution in [3.8, 4) is 0 Å². The number of nitrogens with one attached hydrogen (secondary N) is 1. The number of rotatable bonds is 5. The molecule has 18 heavy (non-hydrogen) atoms. The van der Waals surface area contributed by atoms with Gasteiger partial charge < -0.3 is 10.4 Å². The highest BCUT2D eigenvalue weighted by molar-refractivity contribution is 5.20. The van der Waals surface area contributed by atoms with Crippen molar-refractivity contribution in [2.24, 2.45) is 5.92 Å². The summed E-state index contributed by atoms with van der Waals surface area (Å²) in [5.41, 5.74) is 0.384. The molecule has 1 aromatic rings. The van der Waals surface area contributed by atoms with Gasteiger partial charge in [-0.3, -0.25) is 0 Å². The zero-order chi connectivity index (χ0) is 13.0. The molecule has 1 aromatic carbocycles. The van der Waals surface area contributed by atoms with Crippen molar-refractivity contribution in [1.29, 1.82) is 0 Å². The van der Waals surface area contributed by atoms with Crippen LogP contribution in [0.15, 0.2) is 24.3 Å². The van der Waals surface area contributed by atoms with Crippen molar-refractivity contribution < 1.29 is 9.50 Å². The number of halogens is 1. The molecule has 0 spiro atoms. The fourth-order valence-electron chi connectivity index (χ4n) is 2.76. The maximum absolute atomic E-state index is 13.5. The lowest BCUT2D eigenvalue weighted by Crippen LogP contribution is -2.31. The summed E-state index contributed by atoms with van der Waals surface area (Å²) < 4.78 is 13.5. The number of hydrogen-bond donors (Lipinski definition) is 2. The number of aliphatic hydroxyl groups is 1. The van der Waals surface area contributed by atoms with Gasteiger partial charge >= 0.3 is 0 Å². The zero-order valence-corrected chi connectivity index (χ0v) is 10.9. The van der Waals surface area contributed by atoms with Crippen LogP contribution in [0.3, 0.4) is 0 Å². The first-order chi connectivity index (χ1) is 8.70. The highest BCUT2D eigenvalue weighted by Gasteiger charge is 2.23. The maximum atomic E-state index is 13.5. The number of benzene rings is 1. The second-order valence-corrected chi connectivity index (χ2v) is 5.23. The van der Waals surface area contributed by atoms with Crippen LogP contribution in [-0.2, 0) is 0 Å². The number of aliphatic hydroxyl groups excluding tert-OH is 1. The summed E-state index contributed by atoms with van der Waals surface area (Å²) >= 11 is 0. The minimum absolute atomic E-state index is 0.329. The topological polar surface area (TPSA) is 32.3 Å². The predicted molar refractivity (Wildman–Crippen MR) is 70.8 cm³/mol. The summed E-state index contributed by atoms with van der Waals surface area (Å²) in [7, 11) is 0. The molecular weight excluding hydrogens is 229 g/mol. The second-order valence-electron chi connectivity index (χ2n) is 5.23. The molecule has 2 nitrogen and oxygen atoms in total. The molecule has 1 aliphatic carbocycles. The molecule has 0 aliphatic heterocycles. The van der Waals surface area contributed by atoms with E-state index < -0.39 is 6.10 Å². The first-order valence-electron chi connectivity index (χ1n) is 6.86. The van der Waals surface area contributed by atoms with Crippen molar-refractivity contribution in [3.05, 3.63) is 35.6 Å². The van der Waals surface area contributed by atoms with Crippen molar-refractivity contribution in [2.75, 3.05) is 6.54 Å². The fraction of sp³-hybridized carbons (Fsp3) is 0.600. The average Bonchev–Trinajstić information content (AvgIpc) is 2.84. The molecule has 1 fully saturated rings. The van der Waals surface area contributed by atoms with E-state index in [4.69, 9.17) is 0 Å². The minimum Gasteiger partial charge on any atom is -0.387 e. The summed E-state index contributed by atoms with van der Waals surface area (Å²) in [4.78, 5) is 0. The van der Waals surface area contributed by atoms with Crippen LogP contribution < -0.4 is 5.32 Å². The van der Waals surface area contributed by atoms with Gasteiger partial charge in [0.25, 0.3) is 0 Å². The Bertz CT molecular complexity index is 383. The van der Waals surface area contributed by atoms with E-state index in [2.05, 4.69) is 12.2 Å². The normalized spacial score (nSPS) is 25.3. The monoisotopic (exact) mass is 251 g/mol. The van der Waals surface area contributed by atoms with Crippen molar-refractivity contribution in [3.63, 3.8) is 0 Å². The van der Waals surface area contributed by atoms with Gasteiger partial charge in [-0.25, -0.2) is 4.39 Å². The summed E-state index contributed by atoms with van der Waals surface area (Å²) in [6, 6.07) is 6.91. The van der Waals surface area contributed by atoms with Crippen LogP contribution >= 0.6 is 0 Å². The van der Waals surface area contributed by atoms with Gasteiger partial charge in [0.05, 0.1) is 6.10 Å². The van der Waals surface area contributed by atoms with Crippen LogP contribution in [0.25, 0.3) is 0 Å². The summed E-state index contributed by atoms with van der Waals surface area (Å²) in [5.74, 6) is 0.484. The Labute approximate surface area is 108 Å². The van der Waals surface area contributed by atoms with Crippen molar-refractivity contribution >= 4 is 0 Å². The maximum Gasteiger partial charge on any atom is 0.129 e. The van der Waals surface area contributed by atoms with E-state index in [0.29, 0.717) is 18.2 Å². The molecular formula is C15H22FNO. The molecule has 1 aliphatic rings. The van der Waals surface area contributed by atoms with E-state index in [0.717, 1.165) is 5.92 Å². The van der Waals surface area contributed by atoms with E-state index in [-0.39, 0.29) is 5.82 Å². The molecule has 2 rings (SSSR count). The van der Waals surface area contributed by atoms with Crippen LogP contribution in [-0.4, -0.2) is 17.7 Å². The Balaban J connectivity index is 1.82. The highest BCUT2D eigenvalue weighted by atomic mass is 19.1. The molecule has 3 unspecified atom stereocenters. The molecule has 0 amide bonds. The Morgan fingerprint density at radius 3 is 2.83 bits per heavy atom. The summed E-state index contributed by atoms with van der Waals surface area (Å²) in [6.07, 6.45) is 4.09. The molecule has 0 aromatic heterocycles. The quantitative estimate of drug-likeness (QED) is 0.843. The van der Waals surface area contributed by atoms with Gasteiger partial charge in [-0.05, 0) is 31.2 Å². The van der Waals surface area contributed by atoms with E-state index in [1.54, 1.807) is 18.2 Å². The first kappa shape index (κ1) is 13.5. The summed E-state index contributed by atoms with van der Waals surface area (Å²) in [6.45, 7) is 2.66. The van der Waals surface area contributed by atoms with E-state index >= 15 is 0 Å². The van der Waals surface area contributed by atoms with Gasteiger partial charge in [0.1, 0.15) is 5.82 Å². The molecule has 3 heteroatoms. The van der Waals surface area contributed by atoms with E-state index in [9.17, 15) is 9.50 Å². The molecule has 0 radical (unpaired) electrons. The first-order valence-corrected chi connectivity index (χ1v) is 6.86. The third kappa shape index (κ3) is 3.30. The Hall–Kier alpha value is -0.930.